The number of aliphatic hydroxyl groups excluding tert-OH is 1. The Morgan fingerprint density at radius 2 is 1.94 bits per heavy atom. The number of rotatable bonds is 6. The number of nitrogens with zero attached hydrogens (tertiary/aromatic N) is 1. The number of benzene rings is 1. The molecule has 0 aliphatic rings. The summed E-state index contributed by atoms with van der Waals surface area (Å²) >= 11 is 0. The normalized spacial score (nSPS) is 13.1. The van der Waals surface area contributed by atoms with Crippen molar-refractivity contribution in [2.45, 2.75) is 26.9 Å². The topological polar surface area (TPSA) is 32.7 Å². The van der Waals surface area contributed by atoms with Crippen molar-refractivity contribution in [1.82, 2.24) is 4.90 Å². The van der Waals surface area contributed by atoms with E-state index in [0.717, 1.165) is 23.4 Å². The molecule has 0 aliphatic heterocycles. The molecule has 0 saturated carbocycles. The first-order valence-electron chi connectivity index (χ1n) is 6.45. The molecule has 1 aromatic rings. The highest BCUT2D eigenvalue weighted by Gasteiger charge is 2.16. The van der Waals surface area contributed by atoms with Gasteiger partial charge in [0, 0.05) is 18.7 Å². The van der Waals surface area contributed by atoms with Gasteiger partial charge in [-0.1, -0.05) is 25.5 Å². The second kappa shape index (κ2) is 6.76. The average Bonchev–Trinajstić information content (AvgIpc) is 2.27. The summed E-state index contributed by atoms with van der Waals surface area (Å²) in [4.78, 5) is 2.15. The fourth-order valence-electron chi connectivity index (χ4n) is 2.21. The van der Waals surface area contributed by atoms with Crippen LogP contribution in [0.15, 0.2) is 18.2 Å². The third kappa shape index (κ3) is 4.31. The summed E-state index contributed by atoms with van der Waals surface area (Å²) in [5, 5.41) is 10.3. The lowest BCUT2D eigenvalue weighted by molar-refractivity contribution is 0.118. The highest BCUT2D eigenvalue weighted by atomic mass is 16.5. The Bertz CT molecular complexity index is 377. The van der Waals surface area contributed by atoms with Gasteiger partial charge >= 0.3 is 0 Å². The predicted molar refractivity (Wildman–Crippen MR) is 75.0 cm³/mol. The maximum Gasteiger partial charge on any atom is 0.124 e. The fourth-order valence-corrected chi connectivity index (χ4v) is 2.21. The van der Waals surface area contributed by atoms with E-state index in [4.69, 9.17) is 4.74 Å². The average molecular weight is 251 g/mol. The van der Waals surface area contributed by atoms with Crippen LogP contribution in [-0.2, 0) is 0 Å². The smallest absolute Gasteiger partial charge is 0.124 e. The SMILES string of the molecule is COc1ccc(C)cc1C(O)CN(C)CC(C)C. The highest BCUT2D eigenvalue weighted by molar-refractivity contribution is 5.38. The van der Waals surface area contributed by atoms with E-state index in [-0.39, 0.29) is 0 Å². The summed E-state index contributed by atoms with van der Waals surface area (Å²) in [5.74, 6) is 1.35. The number of hydrogen-bond donors (Lipinski definition) is 1. The molecule has 0 radical (unpaired) electrons. The molecular formula is C15H25NO2. The second-order valence-electron chi connectivity index (χ2n) is 5.38. The minimum atomic E-state index is -0.511. The molecule has 1 atom stereocenters. The lowest BCUT2D eigenvalue weighted by atomic mass is 10.0. The van der Waals surface area contributed by atoms with Gasteiger partial charge in [0.1, 0.15) is 5.75 Å². The Balaban J connectivity index is 2.76. The summed E-state index contributed by atoms with van der Waals surface area (Å²) in [6, 6.07) is 5.90. The molecular weight excluding hydrogens is 226 g/mol. The van der Waals surface area contributed by atoms with Crippen molar-refractivity contribution < 1.29 is 9.84 Å². The van der Waals surface area contributed by atoms with Gasteiger partial charge in [0.25, 0.3) is 0 Å². The first-order chi connectivity index (χ1) is 8.43. The van der Waals surface area contributed by atoms with Gasteiger partial charge in [-0.25, -0.2) is 0 Å². The van der Waals surface area contributed by atoms with Crippen LogP contribution in [0, 0.1) is 12.8 Å². The minimum absolute atomic E-state index is 0.511. The first-order valence-corrected chi connectivity index (χ1v) is 6.45. The second-order valence-corrected chi connectivity index (χ2v) is 5.38. The molecule has 0 spiro atoms. The van der Waals surface area contributed by atoms with Gasteiger partial charge in [-0.05, 0) is 32.0 Å². The minimum Gasteiger partial charge on any atom is -0.496 e. The zero-order valence-corrected chi connectivity index (χ0v) is 12.1. The standard InChI is InChI=1S/C15H25NO2/c1-11(2)9-16(4)10-14(17)13-8-12(3)6-7-15(13)18-5/h6-8,11,14,17H,9-10H2,1-5H3. The largest absolute Gasteiger partial charge is 0.496 e. The van der Waals surface area contributed by atoms with Crippen molar-refractivity contribution in [3.63, 3.8) is 0 Å². The van der Waals surface area contributed by atoms with E-state index in [9.17, 15) is 5.11 Å². The van der Waals surface area contributed by atoms with Crippen LogP contribution < -0.4 is 4.74 Å². The maximum atomic E-state index is 10.3. The Kier molecular flexibility index (Phi) is 5.63. The quantitative estimate of drug-likeness (QED) is 0.843. The van der Waals surface area contributed by atoms with Gasteiger partial charge in [-0.3, -0.25) is 0 Å². The van der Waals surface area contributed by atoms with Crippen LogP contribution in [0.5, 0.6) is 5.75 Å². The predicted octanol–water partition coefficient (Wildman–Crippen LogP) is 2.62. The van der Waals surface area contributed by atoms with Gasteiger partial charge in [0.2, 0.25) is 0 Å². The lowest BCUT2D eigenvalue weighted by Gasteiger charge is -2.23. The fraction of sp³-hybridized carbons (Fsp3) is 0.600. The van der Waals surface area contributed by atoms with Gasteiger partial charge in [-0.2, -0.15) is 0 Å². The maximum absolute atomic E-state index is 10.3. The van der Waals surface area contributed by atoms with Crippen LogP contribution in [0.3, 0.4) is 0 Å². The van der Waals surface area contributed by atoms with Crippen molar-refractivity contribution in [1.29, 1.82) is 0 Å². The Morgan fingerprint density at radius 1 is 1.28 bits per heavy atom. The molecule has 1 rings (SSSR count). The third-order valence-electron chi connectivity index (χ3n) is 2.91. The summed E-state index contributed by atoms with van der Waals surface area (Å²) in [5.41, 5.74) is 2.00. The van der Waals surface area contributed by atoms with E-state index in [1.165, 1.54) is 0 Å². The molecule has 0 saturated heterocycles. The number of aryl methyl sites for hydroxylation is 1. The van der Waals surface area contributed by atoms with Crippen LogP contribution in [-0.4, -0.2) is 37.3 Å². The number of aliphatic hydroxyl groups is 1. The Labute approximate surface area is 110 Å². The molecule has 0 fully saturated rings. The van der Waals surface area contributed by atoms with Crippen LogP contribution in [0.4, 0.5) is 0 Å². The highest BCUT2D eigenvalue weighted by Crippen LogP contribution is 2.26. The van der Waals surface area contributed by atoms with Gasteiger partial charge in [0.15, 0.2) is 0 Å². The molecule has 102 valence electrons. The van der Waals surface area contributed by atoms with Gasteiger partial charge < -0.3 is 14.7 Å². The van der Waals surface area contributed by atoms with Crippen LogP contribution in [0.1, 0.15) is 31.1 Å². The van der Waals surface area contributed by atoms with Gasteiger partial charge in [0.05, 0.1) is 13.2 Å². The molecule has 0 bridgehead atoms. The molecule has 1 N–H and O–H groups in total. The lowest BCUT2D eigenvalue weighted by Crippen LogP contribution is -2.28. The monoisotopic (exact) mass is 251 g/mol. The molecule has 0 heterocycles. The number of hydrogen-bond acceptors (Lipinski definition) is 3. The molecule has 0 aromatic heterocycles. The number of likely N-dealkylation sites (N-methyl/N-ethyl adjacent to an activating group) is 1. The molecule has 0 aliphatic carbocycles. The van der Waals surface area contributed by atoms with E-state index >= 15 is 0 Å². The van der Waals surface area contributed by atoms with Crippen molar-refractivity contribution in [2.75, 3.05) is 27.2 Å². The first kappa shape index (κ1) is 15.0. The number of methoxy groups -OCH3 is 1. The van der Waals surface area contributed by atoms with Gasteiger partial charge in [-0.15, -0.1) is 0 Å². The molecule has 3 heteroatoms. The van der Waals surface area contributed by atoms with Crippen LogP contribution in [0.25, 0.3) is 0 Å². The van der Waals surface area contributed by atoms with Crippen molar-refractivity contribution in [2.24, 2.45) is 5.92 Å². The van der Waals surface area contributed by atoms with Crippen LogP contribution in [0.2, 0.25) is 0 Å². The summed E-state index contributed by atoms with van der Waals surface area (Å²) < 4.78 is 5.31. The summed E-state index contributed by atoms with van der Waals surface area (Å²) in [6.45, 7) is 7.98. The van der Waals surface area contributed by atoms with Crippen molar-refractivity contribution in [3.05, 3.63) is 29.3 Å². The summed E-state index contributed by atoms with van der Waals surface area (Å²) in [6.07, 6.45) is -0.511. The Morgan fingerprint density at radius 3 is 2.50 bits per heavy atom. The molecule has 0 amide bonds. The van der Waals surface area contributed by atoms with E-state index in [1.54, 1.807) is 7.11 Å². The van der Waals surface area contributed by atoms with Crippen molar-refractivity contribution in [3.8, 4) is 5.75 Å². The molecule has 1 aromatic carbocycles. The summed E-state index contributed by atoms with van der Waals surface area (Å²) in [7, 11) is 3.67. The number of ether oxygens (including phenoxy) is 1. The van der Waals surface area contributed by atoms with E-state index in [2.05, 4.69) is 18.7 Å². The third-order valence-corrected chi connectivity index (χ3v) is 2.91. The molecule has 18 heavy (non-hydrogen) atoms. The van der Waals surface area contributed by atoms with Crippen molar-refractivity contribution >= 4 is 0 Å². The zero-order chi connectivity index (χ0) is 13.7. The van der Waals surface area contributed by atoms with Crippen LogP contribution >= 0.6 is 0 Å². The zero-order valence-electron chi connectivity index (χ0n) is 12.1. The van der Waals surface area contributed by atoms with E-state index in [0.29, 0.717) is 12.5 Å². The van der Waals surface area contributed by atoms with E-state index in [1.807, 2.05) is 32.2 Å². The van der Waals surface area contributed by atoms with E-state index < -0.39 is 6.10 Å². The molecule has 3 nitrogen and oxygen atoms in total. The Hall–Kier alpha value is -1.06. The molecule has 1 unspecified atom stereocenters.